The molecule has 3 aliphatic carbocycles. The quantitative estimate of drug-likeness (QED) is 0.183. The topological polar surface area (TPSA) is 191 Å². The highest BCUT2D eigenvalue weighted by molar-refractivity contribution is 6.25. The van der Waals surface area contributed by atoms with Gasteiger partial charge in [0.15, 0.2) is 11.4 Å². The number of rotatable bonds is 7. The van der Waals surface area contributed by atoms with E-state index in [0.29, 0.717) is 17.7 Å². The lowest BCUT2D eigenvalue weighted by Crippen LogP contribution is -2.63. The predicted molar refractivity (Wildman–Crippen MR) is 143 cm³/mol. The number of primary amides is 1. The van der Waals surface area contributed by atoms with Gasteiger partial charge in [-0.1, -0.05) is 13.3 Å². The Hall–Kier alpha value is -3.90. The number of fused-ring (bicyclic) bond motifs is 3. The first-order valence-electron chi connectivity index (χ1n) is 13.1. The van der Waals surface area contributed by atoms with E-state index in [9.17, 15) is 39.6 Å². The molecule has 0 fully saturated rings. The van der Waals surface area contributed by atoms with E-state index in [1.54, 1.807) is 33.1 Å². The molecule has 1 aromatic rings. The summed E-state index contributed by atoms with van der Waals surface area (Å²) in [6.45, 7) is 2.05. The van der Waals surface area contributed by atoms with Gasteiger partial charge in [-0.3, -0.25) is 19.3 Å². The van der Waals surface area contributed by atoms with Crippen LogP contribution in [0.4, 0.5) is 5.69 Å². The molecule has 6 N–H and O–H groups in total. The Balaban J connectivity index is 1.93. The van der Waals surface area contributed by atoms with Crippen LogP contribution in [0, 0.1) is 11.8 Å². The van der Waals surface area contributed by atoms with Crippen LogP contribution < -0.4 is 10.6 Å². The van der Waals surface area contributed by atoms with Crippen molar-refractivity contribution >= 4 is 29.1 Å². The number of hydrogen-bond acceptors (Lipinski definition) is 11. The van der Waals surface area contributed by atoms with Crippen molar-refractivity contribution in [1.82, 2.24) is 4.90 Å². The van der Waals surface area contributed by atoms with E-state index in [1.807, 2.05) is 6.92 Å². The largest absolute Gasteiger partial charge is 0.510 e. The fourth-order valence-corrected chi connectivity index (χ4v) is 6.24. The van der Waals surface area contributed by atoms with E-state index in [4.69, 9.17) is 10.5 Å². The first-order valence-corrected chi connectivity index (χ1v) is 13.1. The summed E-state index contributed by atoms with van der Waals surface area (Å²) < 4.78 is 5.27. The van der Waals surface area contributed by atoms with Crippen molar-refractivity contribution < 1.29 is 44.3 Å². The Kier molecular flexibility index (Phi) is 7.46. The van der Waals surface area contributed by atoms with Crippen molar-refractivity contribution in [2.45, 2.75) is 44.2 Å². The highest BCUT2D eigenvalue weighted by atomic mass is 16.5. The van der Waals surface area contributed by atoms with E-state index in [2.05, 4.69) is 0 Å². The second kappa shape index (κ2) is 10.3. The zero-order valence-electron chi connectivity index (χ0n) is 23.1. The molecule has 0 saturated carbocycles. The van der Waals surface area contributed by atoms with E-state index in [0.717, 1.165) is 6.42 Å². The molecule has 0 saturated heterocycles. The predicted octanol–water partition coefficient (Wildman–Crippen LogP) is 1.14. The normalized spacial score (nSPS) is 25.9. The molecule has 4 rings (SSSR count). The maximum Gasteiger partial charge on any atom is 0.342 e. The van der Waals surface area contributed by atoms with Gasteiger partial charge < -0.3 is 35.8 Å². The summed E-state index contributed by atoms with van der Waals surface area (Å²) in [5.74, 6) is -8.35. The molecule has 0 spiro atoms. The van der Waals surface area contributed by atoms with E-state index in [-0.39, 0.29) is 36.1 Å². The van der Waals surface area contributed by atoms with Crippen LogP contribution in [0.5, 0.6) is 5.75 Å². The monoisotopic (exact) mass is 557 g/mol. The molecule has 12 nitrogen and oxygen atoms in total. The van der Waals surface area contributed by atoms with Gasteiger partial charge >= 0.3 is 5.97 Å². The van der Waals surface area contributed by atoms with Crippen LogP contribution in [0.25, 0.3) is 0 Å². The Morgan fingerprint density at radius 3 is 2.35 bits per heavy atom. The molecule has 2 unspecified atom stereocenters. The Morgan fingerprint density at radius 2 is 1.80 bits per heavy atom. The number of hydrogen-bond donors (Lipinski definition) is 5. The molecule has 1 amide bonds. The summed E-state index contributed by atoms with van der Waals surface area (Å²) in [6.07, 6.45) is 1.47. The van der Waals surface area contributed by atoms with Crippen LogP contribution in [-0.4, -0.2) is 95.2 Å². The van der Waals surface area contributed by atoms with Crippen molar-refractivity contribution in [2.24, 2.45) is 17.6 Å². The van der Waals surface area contributed by atoms with Crippen molar-refractivity contribution in [3.05, 3.63) is 45.4 Å². The third-order valence-electron chi connectivity index (χ3n) is 8.13. The van der Waals surface area contributed by atoms with Gasteiger partial charge in [0.2, 0.25) is 5.78 Å². The summed E-state index contributed by atoms with van der Waals surface area (Å²) in [5.41, 5.74) is 1.88. The maximum atomic E-state index is 14.0. The van der Waals surface area contributed by atoms with E-state index >= 15 is 0 Å². The third kappa shape index (κ3) is 4.13. The number of phenolic OH excluding ortho intramolecular Hbond substituents is 1. The van der Waals surface area contributed by atoms with Gasteiger partial charge in [-0.2, -0.15) is 0 Å². The number of aliphatic hydroxyl groups is 3. The first-order chi connectivity index (χ1) is 18.7. The van der Waals surface area contributed by atoms with E-state index in [1.165, 1.54) is 11.0 Å². The van der Waals surface area contributed by atoms with Crippen LogP contribution in [0.1, 0.15) is 52.5 Å². The number of esters is 1. The van der Waals surface area contributed by atoms with Gasteiger partial charge in [0.25, 0.3) is 5.91 Å². The maximum absolute atomic E-state index is 14.0. The van der Waals surface area contributed by atoms with Crippen LogP contribution in [-0.2, 0) is 20.7 Å². The molecular formula is C28H35N3O9. The average molecular weight is 558 g/mol. The number of aromatic hydroxyl groups is 1. The molecule has 0 heterocycles. The molecule has 0 radical (unpaired) electrons. The molecule has 0 aromatic heterocycles. The van der Waals surface area contributed by atoms with E-state index < -0.39 is 69.8 Å². The van der Waals surface area contributed by atoms with Crippen molar-refractivity contribution in [3.63, 3.8) is 0 Å². The number of benzene rings is 1. The highest BCUT2D eigenvalue weighted by Gasteiger charge is 2.63. The number of carbonyl (C=O) groups is 4. The van der Waals surface area contributed by atoms with Gasteiger partial charge in [0, 0.05) is 31.3 Å². The number of allylic oxidation sites excluding steroid dienone is 1. The van der Waals surface area contributed by atoms with Crippen LogP contribution >= 0.6 is 0 Å². The third-order valence-corrected chi connectivity index (χ3v) is 8.13. The molecule has 1 aromatic carbocycles. The number of nitrogens with zero attached hydrogens (tertiary/aromatic N) is 2. The van der Waals surface area contributed by atoms with Crippen LogP contribution in [0.2, 0.25) is 0 Å². The second-order valence-electron chi connectivity index (χ2n) is 11.0. The average Bonchev–Trinajstić information content (AvgIpc) is 2.85. The fourth-order valence-electron chi connectivity index (χ4n) is 6.24. The molecule has 216 valence electrons. The summed E-state index contributed by atoms with van der Waals surface area (Å²) in [5, 5.41) is 45.2. The van der Waals surface area contributed by atoms with Crippen molar-refractivity contribution in [2.75, 3.05) is 39.7 Å². The Morgan fingerprint density at radius 1 is 1.15 bits per heavy atom. The number of carbonyl (C=O) groups excluding carboxylic acids is 4. The number of unbranched alkanes of at least 4 members (excludes halogenated alkanes) is 1. The standard InChI is InChI=1S/C28H35N3O9/c1-6-7-8-40-27(38)14-11-16(30(2)3)13-9-12-10-15-20(31(4)5)23(34)19(26(29)37)25(36)28(15,39)24(35)17(12)22(33)18(13)21(14)32/h11-12,15,20,32,34-35,39H,6-10H2,1-5H3,(H2,29,37)/t12-,15-,20?,28?/m0/s1. The minimum absolute atomic E-state index is 0.0276. The van der Waals surface area contributed by atoms with Crippen LogP contribution in [0.15, 0.2) is 28.7 Å². The number of amides is 1. The molecule has 0 aliphatic heterocycles. The summed E-state index contributed by atoms with van der Waals surface area (Å²) >= 11 is 0. The van der Waals surface area contributed by atoms with Gasteiger partial charge in [-0.05, 0) is 50.9 Å². The number of nitrogens with two attached hydrogens (primary N) is 1. The SMILES string of the molecule is CCCCOC(=O)c1cc(N(C)C)c2c(c1O)C(=O)C1=C(O)C3(O)C(=O)C(C(N)=O)=C(O)C(N(C)C)[C@@H]3C[C@@H]1C2. The summed E-state index contributed by atoms with van der Waals surface area (Å²) in [6, 6.07) is 0.372. The lowest BCUT2D eigenvalue weighted by Gasteiger charge is -2.50. The minimum Gasteiger partial charge on any atom is -0.510 e. The van der Waals surface area contributed by atoms with Gasteiger partial charge in [-0.25, -0.2) is 4.79 Å². The number of Topliss-reactive ketones (excluding diaryl/α,β-unsaturated/α-hetero) is 2. The van der Waals surface area contributed by atoms with Crippen LogP contribution in [0.3, 0.4) is 0 Å². The summed E-state index contributed by atoms with van der Waals surface area (Å²) in [4.78, 5) is 55.5. The van der Waals surface area contributed by atoms with Gasteiger partial charge in [0.1, 0.15) is 28.4 Å². The second-order valence-corrected chi connectivity index (χ2v) is 11.0. The highest BCUT2D eigenvalue weighted by Crippen LogP contribution is 2.53. The molecule has 4 atom stereocenters. The Bertz CT molecular complexity index is 1380. The molecule has 3 aliphatic rings. The van der Waals surface area contributed by atoms with Crippen molar-refractivity contribution in [3.8, 4) is 5.75 Å². The molecule has 12 heteroatoms. The lowest BCUT2D eigenvalue weighted by atomic mass is 9.58. The number of ether oxygens (including phenoxy) is 1. The fraction of sp³-hybridized carbons (Fsp3) is 0.500. The first kappa shape index (κ1) is 29.1. The summed E-state index contributed by atoms with van der Waals surface area (Å²) in [7, 11) is 6.55. The Labute approximate surface area is 231 Å². The smallest absolute Gasteiger partial charge is 0.342 e. The number of aliphatic hydroxyl groups excluding tert-OH is 2. The zero-order chi connectivity index (χ0) is 29.8. The zero-order valence-corrected chi connectivity index (χ0v) is 23.1. The van der Waals surface area contributed by atoms with Gasteiger partial charge in [0.05, 0.1) is 18.2 Å². The molecular weight excluding hydrogens is 522 g/mol. The number of phenols is 1. The molecule has 40 heavy (non-hydrogen) atoms. The molecule has 0 bridgehead atoms. The number of ketones is 2. The number of likely N-dealkylation sites (N-methyl/N-ethyl adjacent to an activating group) is 1. The number of anilines is 1. The minimum atomic E-state index is -2.73. The van der Waals surface area contributed by atoms with Crippen molar-refractivity contribution in [1.29, 1.82) is 0 Å². The van der Waals surface area contributed by atoms with Gasteiger partial charge in [-0.15, -0.1) is 0 Å². The lowest BCUT2D eigenvalue weighted by molar-refractivity contribution is -0.148.